The molecule has 0 saturated heterocycles. The highest BCUT2D eigenvalue weighted by Crippen LogP contribution is 2.22. The van der Waals surface area contributed by atoms with Crippen LogP contribution in [-0.2, 0) is 16.0 Å². The van der Waals surface area contributed by atoms with E-state index in [2.05, 4.69) is 10.6 Å². The first kappa shape index (κ1) is 21.2. The summed E-state index contributed by atoms with van der Waals surface area (Å²) in [5.74, 6) is -0.429. The van der Waals surface area contributed by atoms with Gasteiger partial charge in [0.05, 0.1) is 12.6 Å². The Morgan fingerprint density at radius 1 is 1.07 bits per heavy atom. The fourth-order valence-electron chi connectivity index (χ4n) is 2.58. The van der Waals surface area contributed by atoms with Gasteiger partial charge in [-0.1, -0.05) is 48.3 Å². The molecule has 7 heteroatoms. The van der Waals surface area contributed by atoms with Crippen molar-refractivity contribution >= 4 is 46.4 Å². The van der Waals surface area contributed by atoms with Crippen molar-refractivity contribution in [3.05, 3.63) is 58.1 Å². The maximum Gasteiger partial charge on any atom is 0.241 e. The summed E-state index contributed by atoms with van der Waals surface area (Å²) >= 11 is 11.9. The molecule has 2 N–H and O–H groups in total. The van der Waals surface area contributed by atoms with Crippen LogP contribution < -0.4 is 10.6 Å². The largest absolute Gasteiger partial charge is 0.325 e. The van der Waals surface area contributed by atoms with Crippen molar-refractivity contribution in [3.8, 4) is 0 Å². The van der Waals surface area contributed by atoms with E-state index in [1.54, 1.807) is 37.1 Å². The van der Waals surface area contributed by atoms with Gasteiger partial charge in [0.15, 0.2) is 0 Å². The van der Waals surface area contributed by atoms with Gasteiger partial charge >= 0.3 is 0 Å². The van der Waals surface area contributed by atoms with Gasteiger partial charge in [-0.05, 0) is 50.2 Å². The SMILES string of the molecule is CCc1ccccc1NC(=O)CN(C)C(C)C(=O)Nc1cc(Cl)cc(Cl)c1. The molecule has 0 aliphatic heterocycles. The van der Waals surface area contributed by atoms with Crippen molar-refractivity contribution in [2.45, 2.75) is 26.3 Å². The van der Waals surface area contributed by atoms with Crippen LogP contribution in [0.1, 0.15) is 19.4 Å². The molecule has 27 heavy (non-hydrogen) atoms. The summed E-state index contributed by atoms with van der Waals surface area (Å²) in [6, 6.07) is 12.0. The second-order valence-corrected chi connectivity index (χ2v) is 7.17. The second kappa shape index (κ2) is 9.74. The van der Waals surface area contributed by atoms with E-state index in [1.807, 2.05) is 31.2 Å². The number of anilines is 2. The van der Waals surface area contributed by atoms with Gasteiger partial charge in [0.25, 0.3) is 0 Å². The van der Waals surface area contributed by atoms with Crippen LogP contribution in [0.3, 0.4) is 0 Å². The molecule has 5 nitrogen and oxygen atoms in total. The number of hydrogen-bond donors (Lipinski definition) is 2. The quantitative estimate of drug-likeness (QED) is 0.712. The molecular weight excluding hydrogens is 385 g/mol. The minimum atomic E-state index is -0.519. The number of benzene rings is 2. The lowest BCUT2D eigenvalue weighted by atomic mass is 10.1. The van der Waals surface area contributed by atoms with Gasteiger partial charge in [-0.25, -0.2) is 0 Å². The predicted molar refractivity (Wildman–Crippen MR) is 112 cm³/mol. The number of likely N-dealkylation sites (N-methyl/N-ethyl adjacent to an activating group) is 1. The topological polar surface area (TPSA) is 61.4 Å². The Kier molecular flexibility index (Phi) is 7.66. The molecule has 2 aromatic rings. The standard InChI is InChI=1S/C20H23Cl2N3O2/c1-4-14-7-5-6-8-18(14)24-19(26)12-25(3)13(2)20(27)23-17-10-15(21)9-16(22)11-17/h5-11,13H,4,12H2,1-3H3,(H,23,27)(H,24,26). The lowest BCUT2D eigenvalue weighted by Crippen LogP contribution is -2.43. The third-order valence-corrected chi connectivity index (χ3v) is 4.67. The van der Waals surface area contributed by atoms with Crippen LogP contribution in [0.2, 0.25) is 10.0 Å². The van der Waals surface area contributed by atoms with E-state index in [-0.39, 0.29) is 18.4 Å². The summed E-state index contributed by atoms with van der Waals surface area (Å²) in [6.07, 6.45) is 0.827. The number of carbonyl (C=O) groups is 2. The van der Waals surface area contributed by atoms with Gasteiger partial charge in [-0.15, -0.1) is 0 Å². The number of carbonyl (C=O) groups excluding carboxylic acids is 2. The molecule has 0 spiro atoms. The highest BCUT2D eigenvalue weighted by atomic mass is 35.5. The summed E-state index contributed by atoms with van der Waals surface area (Å²) in [5, 5.41) is 6.54. The zero-order chi connectivity index (χ0) is 20.0. The number of para-hydroxylation sites is 1. The predicted octanol–water partition coefficient (Wildman–Crippen LogP) is 4.45. The Bertz CT molecular complexity index is 806. The molecule has 1 atom stereocenters. The lowest BCUT2D eigenvalue weighted by molar-refractivity contribution is -0.122. The van der Waals surface area contributed by atoms with Gasteiger partial charge in [0.2, 0.25) is 11.8 Å². The summed E-state index contributed by atoms with van der Waals surface area (Å²) in [7, 11) is 1.72. The van der Waals surface area contributed by atoms with Gasteiger partial charge in [-0.3, -0.25) is 14.5 Å². The second-order valence-electron chi connectivity index (χ2n) is 6.30. The van der Waals surface area contributed by atoms with Crippen molar-refractivity contribution < 1.29 is 9.59 Å². The summed E-state index contributed by atoms with van der Waals surface area (Å²) in [5.41, 5.74) is 2.38. The van der Waals surface area contributed by atoms with Gasteiger partial charge in [0, 0.05) is 21.4 Å². The fourth-order valence-corrected chi connectivity index (χ4v) is 3.10. The van der Waals surface area contributed by atoms with E-state index in [1.165, 1.54) is 0 Å². The van der Waals surface area contributed by atoms with E-state index in [9.17, 15) is 9.59 Å². The van der Waals surface area contributed by atoms with E-state index >= 15 is 0 Å². The first-order valence-corrected chi connectivity index (χ1v) is 9.40. The summed E-state index contributed by atoms with van der Waals surface area (Å²) in [4.78, 5) is 26.5. The molecule has 0 aliphatic carbocycles. The highest BCUT2D eigenvalue weighted by molar-refractivity contribution is 6.35. The molecule has 144 valence electrons. The van der Waals surface area contributed by atoms with E-state index in [0.717, 1.165) is 17.7 Å². The molecule has 0 fully saturated rings. The number of nitrogens with zero attached hydrogens (tertiary/aromatic N) is 1. The normalized spacial score (nSPS) is 11.9. The van der Waals surface area contributed by atoms with Crippen molar-refractivity contribution in [3.63, 3.8) is 0 Å². The van der Waals surface area contributed by atoms with Crippen molar-refractivity contribution in [1.82, 2.24) is 4.90 Å². The third kappa shape index (κ3) is 6.24. The van der Waals surface area contributed by atoms with Crippen LogP contribution in [-0.4, -0.2) is 36.3 Å². The first-order chi connectivity index (χ1) is 12.8. The monoisotopic (exact) mass is 407 g/mol. The molecule has 0 aliphatic rings. The van der Waals surface area contributed by atoms with Crippen LogP contribution in [0.25, 0.3) is 0 Å². The molecule has 2 amide bonds. The highest BCUT2D eigenvalue weighted by Gasteiger charge is 2.20. The van der Waals surface area contributed by atoms with Crippen LogP contribution >= 0.6 is 23.2 Å². The number of rotatable bonds is 7. The maximum absolute atomic E-state index is 12.4. The summed E-state index contributed by atoms with van der Waals surface area (Å²) in [6.45, 7) is 3.85. The number of aryl methyl sites for hydroxylation is 1. The van der Waals surface area contributed by atoms with Crippen LogP contribution in [0.5, 0.6) is 0 Å². The maximum atomic E-state index is 12.4. The number of halogens is 2. The van der Waals surface area contributed by atoms with E-state index in [4.69, 9.17) is 23.2 Å². The van der Waals surface area contributed by atoms with Crippen molar-refractivity contribution in [2.24, 2.45) is 0 Å². The minimum Gasteiger partial charge on any atom is -0.325 e. The van der Waals surface area contributed by atoms with Gasteiger partial charge in [-0.2, -0.15) is 0 Å². The molecule has 0 bridgehead atoms. The smallest absolute Gasteiger partial charge is 0.241 e. The molecule has 0 saturated carbocycles. The zero-order valence-corrected chi connectivity index (χ0v) is 17.1. The van der Waals surface area contributed by atoms with Crippen LogP contribution in [0, 0.1) is 0 Å². The Morgan fingerprint density at radius 2 is 1.70 bits per heavy atom. The lowest BCUT2D eigenvalue weighted by Gasteiger charge is -2.23. The number of hydrogen-bond acceptors (Lipinski definition) is 3. The third-order valence-electron chi connectivity index (χ3n) is 4.24. The number of amides is 2. The van der Waals surface area contributed by atoms with Crippen LogP contribution in [0.15, 0.2) is 42.5 Å². The molecule has 2 rings (SSSR count). The Balaban J connectivity index is 1.94. The molecule has 1 unspecified atom stereocenters. The molecule has 0 radical (unpaired) electrons. The van der Waals surface area contributed by atoms with Crippen molar-refractivity contribution in [2.75, 3.05) is 24.2 Å². The molecule has 0 heterocycles. The first-order valence-electron chi connectivity index (χ1n) is 8.65. The Morgan fingerprint density at radius 3 is 2.33 bits per heavy atom. The zero-order valence-electron chi connectivity index (χ0n) is 15.6. The average molecular weight is 408 g/mol. The van der Waals surface area contributed by atoms with Crippen LogP contribution in [0.4, 0.5) is 11.4 Å². The minimum absolute atomic E-state index is 0.0862. The summed E-state index contributed by atoms with van der Waals surface area (Å²) < 4.78 is 0. The van der Waals surface area contributed by atoms with E-state index in [0.29, 0.717) is 15.7 Å². The van der Waals surface area contributed by atoms with E-state index < -0.39 is 6.04 Å². The van der Waals surface area contributed by atoms with Gasteiger partial charge < -0.3 is 10.6 Å². The Labute approximate surface area is 169 Å². The fraction of sp³-hybridized carbons (Fsp3) is 0.300. The Hall–Kier alpha value is -2.08. The molecule has 2 aromatic carbocycles. The average Bonchev–Trinajstić information content (AvgIpc) is 2.60. The molecular formula is C20H23Cl2N3O2. The van der Waals surface area contributed by atoms with Crippen molar-refractivity contribution in [1.29, 1.82) is 0 Å². The number of nitrogens with one attached hydrogen (secondary N) is 2. The molecule has 0 aromatic heterocycles. The van der Waals surface area contributed by atoms with Gasteiger partial charge in [0.1, 0.15) is 0 Å².